The number of nitrogens with zero attached hydrogens (tertiary/aromatic N) is 1. The van der Waals surface area contributed by atoms with E-state index in [0.29, 0.717) is 11.4 Å². The Morgan fingerprint density at radius 1 is 1.30 bits per heavy atom. The molecule has 6 nitrogen and oxygen atoms in total. The summed E-state index contributed by atoms with van der Waals surface area (Å²) >= 11 is 0. The first kappa shape index (κ1) is 16.2. The molecule has 2 N–H and O–H groups in total. The third-order valence-electron chi connectivity index (χ3n) is 2.58. The summed E-state index contributed by atoms with van der Waals surface area (Å²) < 4.78 is 5.53. The zero-order valence-electron chi connectivity index (χ0n) is 12.3. The molecule has 0 saturated carbocycles. The van der Waals surface area contributed by atoms with E-state index >= 15 is 0 Å². The number of anilines is 1. The largest absolute Gasteiger partial charge is 0.491 e. The zero-order chi connectivity index (χ0) is 15.0. The third kappa shape index (κ3) is 5.88. The fraction of sp³-hybridized carbons (Fsp3) is 0.571. The summed E-state index contributed by atoms with van der Waals surface area (Å²) in [6.07, 6.45) is 0.940. The first-order valence-electron chi connectivity index (χ1n) is 6.93. The van der Waals surface area contributed by atoms with E-state index in [4.69, 9.17) is 4.74 Å². The maximum absolute atomic E-state index is 10.9. The lowest BCUT2D eigenvalue weighted by atomic mass is 10.2. The standard InChI is InChI=1S/C14H23N3O3/c1-4-15-6-5-7-16-12-8-13(17(18)19)10-14(9-12)20-11(2)3/h8-11,15-16H,4-7H2,1-3H3. The topological polar surface area (TPSA) is 76.4 Å². The molecule has 0 radical (unpaired) electrons. The van der Waals surface area contributed by atoms with Gasteiger partial charge in [-0.15, -0.1) is 0 Å². The van der Waals surface area contributed by atoms with Crippen molar-refractivity contribution in [3.8, 4) is 5.75 Å². The fourth-order valence-corrected chi connectivity index (χ4v) is 1.75. The lowest BCUT2D eigenvalue weighted by Gasteiger charge is -2.12. The highest BCUT2D eigenvalue weighted by Crippen LogP contribution is 2.26. The molecule has 0 heterocycles. The molecule has 6 heteroatoms. The zero-order valence-corrected chi connectivity index (χ0v) is 12.3. The minimum absolute atomic E-state index is 0.0152. The van der Waals surface area contributed by atoms with Crippen LogP contribution in [0.15, 0.2) is 18.2 Å². The van der Waals surface area contributed by atoms with E-state index in [1.54, 1.807) is 6.07 Å². The van der Waals surface area contributed by atoms with Crippen LogP contribution in [0.5, 0.6) is 5.75 Å². The minimum atomic E-state index is -0.406. The summed E-state index contributed by atoms with van der Waals surface area (Å²) in [4.78, 5) is 10.5. The van der Waals surface area contributed by atoms with Crippen LogP contribution in [0.3, 0.4) is 0 Å². The van der Waals surface area contributed by atoms with Gasteiger partial charge >= 0.3 is 0 Å². The summed E-state index contributed by atoms with van der Waals surface area (Å²) in [7, 11) is 0. The molecule has 1 aromatic rings. The summed E-state index contributed by atoms with van der Waals surface area (Å²) in [5.74, 6) is 0.517. The Morgan fingerprint density at radius 2 is 2.05 bits per heavy atom. The predicted molar refractivity (Wildman–Crippen MR) is 80.5 cm³/mol. The number of hydrogen-bond acceptors (Lipinski definition) is 5. The monoisotopic (exact) mass is 281 g/mol. The molecule has 0 saturated heterocycles. The number of nitro benzene ring substituents is 1. The number of rotatable bonds is 9. The average molecular weight is 281 g/mol. The van der Waals surface area contributed by atoms with Crippen LogP contribution in [0.2, 0.25) is 0 Å². The number of benzene rings is 1. The van der Waals surface area contributed by atoms with Gasteiger partial charge < -0.3 is 15.4 Å². The lowest BCUT2D eigenvalue weighted by molar-refractivity contribution is -0.384. The van der Waals surface area contributed by atoms with Crippen molar-refractivity contribution in [3.63, 3.8) is 0 Å². The summed E-state index contributed by atoms with van der Waals surface area (Å²) in [5, 5.41) is 17.3. The van der Waals surface area contributed by atoms with Crippen LogP contribution in [-0.2, 0) is 0 Å². The molecular weight excluding hydrogens is 258 g/mol. The van der Waals surface area contributed by atoms with Crippen molar-refractivity contribution >= 4 is 11.4 Å². The summed E-state index contributed by atoms with van der Waals surface area (Å²) in [6.45, 7) is 8.47. The molecule has 1 rings (SSSR count). The van der Waals surface area contributed by atoms with Gasteiger partial charge in [-0.2, -0.15) is 0 Å². The van der Waals surface area contributed by atoms with E-state index in [1.165, 1.54) is 12.1 Å². The maximum atomic E-state index is 10.9. The molecule has 112 valence electrons. The maximum Gasteiger partial charge on any atom is 0.275 e. The van der Waals surface area contributed by atoms with E-state index in [9.17, 15) is 10.1 Å². The van der Waals surface area contributed by atoms with Gasteiger partial charge in [0.15, 0.2) is 0 Å². The number of ether oxygens (including phenoxy) is 1. The van der Waals surface area contributed by atoms with Gasteiger partial charge in [-0.3, -0.25) is 10.1 Å². The van der Waals surface area contributed by atoms with Gasteiger partial charge in [0, 0.05) is 24.4 Å². The van der Waals surface area contributed by atoms with Gasteiger partial charge in [0.1, 0.15) is 5.75 Å². The molecule has 0 amide bonds. The molecule has 0 unspecified atom stereocenters. The lowest BCUT2D eigenvalue weighted by Crippen LogP contribution is -2.17. The van der Waals surface area contributed by atoms with Crippen LogP contribution in [0, 0.1) is 10.1 Å². The van der Waals surface area contributed by atoms with Gasteiger partial charge in [0.25, 0.3) is 5.69 Å². The highest BCUT2D eigenvalue weighted by Gasteiger charge is 2.11. The number of non-ortho nitro benzene ring substituents is 1. The molecule has 0 fully saturated rings. The van der Waals surface area contributed by atoms with Crippen LogP contribution < -0.4 is 15.4 Å². The first-order valence-corrected chi connectivity index (χ1v) is 6.93. The van der Waals surface area contributed by atoms with Gasteiger partial charge in [-0.05, 0) is 33.4 Å². The second kappa shape index (κ2) is 8.37. The highest BCUT2D eigenvalue weighted by atomic mass is 16.6. The molecule has 0 aliphatic rings. The molecule has 0 atom stereocenters. The second-order valence-electron chi connectivity index (χ2n) is 4.77. The van der Waals surface area contributed by atoms with E-state index < -0.39 is 4.92 Å². The van der Waals surface area contributed by atoms with Crippen molar-refractivity contribution in [2.45, 2.75) is 33.3 Å². The molecule has 0 aliphatic heterocycles. The van der Waals surface area contributed by atoms with Crippen molar-refractivity contribution in [2.24, 2.45) is 0 Å². The van der Waals surface area contributed by atoms with Crippen LogP contribution in [0.4, 0.5) is 11.4 Å². The van der Waals surface area contributed by atoms with E-state index in [2.05, 4.69) is 17.6 Å². The quantitative estimate of drug-likeness (QED) is 0.413. The van der Waals surface area contributed by atoms with Crippen molar-refractivity contribution in [3.05, 3.63) is 28.3 Å². The van der Waals surface area contributed by atoms with Crippen LogP contribution in [-0.4, -0.2) is 30.7 Å². The normalized spacial score (nSPS) is 10.6. The van der Waals surface area contributed by atoms with Crippen LogP contribution in [0.1, 0.15) is 27.2 Å². The van der Waals surface area contributed by atoms with Gasteiger partial charge in [-0.25, -0.2) is 0 Å². The Morgan fingerprint density at radius 3 is 2.65 bits per heavy atom. The summed E-state index contributed by atoms with van der Waals surface area (Å²) in [5.41, 5.74) is 0.753. The molecular formula is C14H23N3O3. The Bertz CT molecular complexity index is 436. The van der Waals surface area contributed by atoms with E-state index in [1.807, 2.05) is 13.8 Å². The van der Waals surface area contributed by atoms with Crippen molar-refractivity contribution in [1.29, 1.82) is 0 Å². The predicted octanol–water partition coefficient (Wildman–Crippen LogP) is 2.79. The van der Waals surface area contributed by atoms with Crippen molar-refractivity contribution < 1.29 is 9.66 Å². The molecule has 0 aliphatic carbocycles. The Balaban J connectivity index is 2.68. The average Bonchev–Trinajstić information content (AvgIpc) is 2.37. The van der Waals surface area contributed by atoms with Gasteiger partial charge in [0.2, 0.25) is 0 Å². The smallest absolute Gasteiger partial charge is 0.275 e. The summed E-state index contributed by atoms with van der Waals surface area (Å²) in [6, 6.07) is 4.77. The van der Waals surface area contributed by atoms with Crippen molar-refractivity contribution in [1.82, 2.24) is 5.32 Å². The van der Waals surface area contributed by atoms with Gasteiger partial charge in [0.05, 0.1) is 17.1 Å². The van der Waals surface area contributed by atoms with Crippen LogP contribution >= 0.6 is 0 Å². The molecule has 0 aromatic heterocycles. The minimum Gasteiger partial charge on any atom is -0.491 e. The molecule has 0 bridgehead atoms. The van der Waals surface area contributed by atoms with E-state index in [-0.39, 0.29) is 11.8 Å². The Kier molecular flexibility index (Phi) is 6.79. The Hall–Kier alpha value is -1.82. The second-order valence-corrected chi connectivity index (χ2v) is 4.77. The fourth-order valence-electron chi connectivity index (χ4n) is 1.75. The number of hydrogen-bond donors (Lipinski definition) is 2. The highest BCUT2D eigenvalue weighted by molar-refractivity contribution is 5.56. The van der Waals surface area contributed by atoms with Gasteiger partial charge in [-0.1, -0.05) is 6.92 Å². The number of nitro groups is 1. The van der Waals surface area contributed by atoms with Crippen LogP contribution in [0.25, 0.3) is 0 Å². The molecule has 1 aromatic carbocycles. The first-order chi connectivity index (χ1) is 9.52. The Labute approximate surface area is 119 Å². The SMILES string of the molecule is CCNCCCNc1cc(OC(C)C)cc([N+](=O)[O-])c1. The number of nitrogens with one attached hydrogen (secondary N) is 2. The molecule has 0 spiro atoms. The third-order valence-corrected chi connectivity index (χ3v) is 2.58. The molecule has 20 heavy (non-hydrogen) atoms. The van der Waals surface area contributed by atoms with E-state index in [0.717, 1.165) is 26.1 Å². The van der Waals surface area contributed by atoms with Crippen molar-refractivity contribution in [2.75, 3.05) is 25.0 Å².